The minimum Gasteiger partial charge on any atom is -0.374 e. The van der Waals surface area contributed by atoms with Crippen molar-refractivity contribution in [2.45, 2.75) is 66.3 Å². The predicted molar refractivity (Wildman–Crippen MR) is 127 cm³/mol. The fraction of sp³-hybridized carbons (Fsp3) is 1.00. The van der Waals surface area contributed by atoms with Gasteiger partial charge in [0.05, 0.1) is 0 Å². The summed E-state index contributed by atoms with van der Waals surface area (Å²) < 4.78 is 18.2. The largest absolute Gasteiger partial charge is 0.502 e. The zero-order valence-corrected chi connectivity index (χ0v) is 21.7. The smallest absolute Gasteiger partial charge is 0.374 e. The van der Waals surface area contributed by atoms with Crippen LogP contribution in [0.3, 0.4) is 0 Å². The van der Waals surface area contributed by atoms with Crippen molar-refractivity contribution in [3.8, 4) is 0 Å². The molecule has 176 valence electrons. The van der Waals surface area contributed by atoms with Gasteiger partial charge in [-0.1, -0.05) is 13.8 Å². The van der Waals surface area contributed by atoms with Crippen LogP contribution in [0.15, 0.2) is 0 Å². The monoisotopic (exact) mass is 433 g/mol. The van der Waals surface area contributed by atoms with E-state index in [1.54, 1.807) is 0 Å². The maximum absolute atomic E-state index is 6.06. The van der Waals surface area contributed by atoms with E-state index in [4.69, 9.17) is 13.3 Å². The van der Waals surface area contributed by atoms with Crippen molar-refractivity contribution < 1.29 is 13.3 Å². The topological polar surface area (TPSA) is 37.4 Å². The van der Waals surface area contributed by atoms with Crippen molar-refractivity contribution in [1.29, 1.82) is 0 Å². The molecule has 7 heteroatoms. The lowest BCUT2D eigenvalue weighted by Gasteiger charge is -2.31. The molecule has 0 aromatic carbocycles. The Labute approximate surface area is 183 Å². The standard InChI is InChI=1S/C22H51N3O3Si/c1-8-15-23(6)17-13-19-25(20-14-18-24(7)16-9-2)21-22-29(26-10-3,27-11-4)28-12-5/h8-22H2,1-7H3. The van der Waals surface area contributed by atoms with Gasteiger partial charge in [0.15, 0.2) is 0 Å². The molecule has 0 fully saturated rings. The lowest BCUT2D eigenvalue weighted by atomic mass is 10.3. The van der Waals surface area contributed by atoms with E-state index >= 15 is 0 Å². The molecule has 0 saturated heterocycles. The third kappa shape index (κ3) is 14.6. The molecule has 0 aliphatic carbocycles. The lowest BCUT2D eigenvalue weighted by molar-refractivity contribution is 0.0677. The predicted octanol–water partition coefficient (Wildman–Crippen LogP) is 3.80. The van der Waals surface area contributed by atoms with Crippen LogP contribution in [0.1, 0.15) is 60.3 Å². The highest BCUT2D eigenvalue weighted by Crippen LogP contribution is 2.17. The van der Waals surface area contributed by atoms with Crippen LogP contribution in [0.4, 0.5) is 0 Å². The highest BCUT2D eigenvalue weighted by Gasteiger charge is 2.40. The zero-order valence-electron chi connectivity index (χ0n) is 20.7. The molecule has 0 N–H and O–H groups in total. The fourth-order valence-corrected chi connectivity index (χ4v) is 6.34. The SMILES string of the molecule is CCCN(C)CCCN(CCCN(C)CCC)CC[Si](OCC)(OCC)OCC. The van der Waals surface area contributed by atoms with E-state index in [0.717, 1.165) is 38.8 Å². The minimum absolute atomic E-state index is 0.649. The van der Waals surface area contributed by atoms with E-state index in [1.165, 1.54) is 38.8 Å². The molecule has 0 bridgehead atoms. The molecule has 0 saturated carbocycles. The van der Waals surface area contributed by atoms with Gasteiger partial charge in [-0.2, -0.15) is 0 Å². The van der Waals surface area contributed by atoms with Gasteiger partial charge in [-0.15, -0.1) is 0 Å². The van der Waals surface area contributed by atoms with Gasteiger partial charge < -0.3 is 28.0 Å². The van der Waals surface area contributed by atoms with Gasteiger partial charge >= 0.3 is 8.80 Å². The second-order valence-electron chi connectivity index (χ2n) is 7.89. The first-order chi connectivity index (χ1) is 14.0. The average molecular weight is 434 g/mol. The van der Waals surface area contributed by atoms with Crippen LogP contribution in [-0.4, -0.2) is 103 Å². The van der Waals surface area contributed by atoms with Crippen molar-refractivity contribution >= 4 is 8.80 Å². The molecule has 0 aromatic rings. The summed E-state index contributed by atoms with van der Waals surface area (Å²) in [5.41, 5.74) is 0. The Kier molecular flexibility index (Phi) is 18.7. The molecule has 0 heterocycles. The van der Waals surface area contributed by atoms with Crippen LogP contribution < -0.4 is 0 Å². The summed E-state index contributed by atoms with van der Waals surface area (Å²) >= 11 is 0. The summed E-state index contributed by atoms with van der Waals surface area (Å²) in [6.07, 6.45) is 4.84. The molecule has 0 unspecified atom stereocenters. The molecule has 0 spiro atoms. The lowest BCUT2D eigenvalue weighted by Crippen LogP contribution is -2.48. The van der Waals surface area contributed by atoms with E-state index in [-0.39, 0.29) is 0 Å². The molecule has 0 amide bonds. The van der Waals surface area contributed by atoms with E-state index in [2.05, 4.69) is 42.6 Å². The van der Waals surface area contributed by atoms with E-state index in [0.29, 0.717) is 19.8 Å². The summed E-state index contributed by atoms with van der Waals surface area (Å²) in [5.74, 6) is 0. The number of nitrogens with zero attached hydrogens (tertiary/aromatic N) is 3. The molecular formula is C22H51N3O3Si. The Hall–Kier alpha value is -0.0231. The molecule has 0 radical (unpaired) electrons. The summed E-state index contributed by atoms with van der Waals surface area (Å²) in [5, 5.41) is 0. The molecule has 0 rings (SSSR count). The van der Waals surface area contributed by atoms with Crippen molar-refractivity contribution in [3.63, 3.8) is 0 Å². The van der Waals surface area contributed by atoms with Gasteiger partial charge in [-0.25, -0.2) is 0 Å². The Bertz CT molecular complexity index is 329. The van der Waals surface area contributed by atoms with Gasteiger partial charge in [0.25, 0.3) is 0 Å². The van der Waals surface area contributed by atoms with Crippen LogP contribution in [0.5, 0.6) is 0 Å². The fourth-order valence-electron chi connectivity index (χ4n) is 3.75. The Morgan fingerprint density at radius 3 is 1.31 bits per heavy atom. The molecule has 0 aliphatic rings. The first-order valence-electron chi connectivity index (χ1n) is 12.0. The van der Waals surface area contributed by atoms with E-state index < -0.39 is 8.80 Å². The molecule has 0 aliphatic heterocycles. The van der Waals surface area contributed by atoms with Crippen LogP contribution >= 0.6 is 0 Å². The second kappa shape index (κ2) is 18.7. The maximum Gasteiger partial charge on any atom is 0.502 e. The van der Waals surface area contributed by atoms with Crippen LogP contribution in [-0.2, 0) is 13.3 Å². The Morgan fingerprint density at radius 1 is 0.552 bits per heavy atom. The first kappa shape index (κ1) is 29.0. The van der Waals surface area contributed by atoms with Gasteiger partial charge in [0.2, 0.25) is 0 Å². The highest BCUT2D eigenvalue weighted by atomic mass is 28.4. The number of rotatable bonds is 21. The summed E-state index contributed by atoms with van der Waals surface area (Å²) in [7, 11) is 1.89. The third-order valence-corrected chi connectivity index (χ3v) is 8.09. The normalized spacial score (nSPS) is 12.6. The minimum atomic E-state index is -2.57. The van der Waals surface area contributed by atoms with Crippen LogP contribution in [0, 0.1) is 0 Å². The van der Waals surface area contributed by atoms with Gasteiger partial charge in [-0.3, -0.25) is 0 Å². The second-order valence-corrected chi connectivity index (χ2v) is 10.6. The van der Waals surface area contributed by atoms with Crippen molar-refractivity contribution in [3.05, 3.63) is 0 Å². The quantitative estimate of drug-likeness (QED) is 0.256. The van der Waals surface area contributed by atoms with Gasteiger partial charge in [0.1, 0.15) is 0 Å². The molecule has 0 atom stereocenters. The molecule has 6 nitrogen and oxygen atoms in total. The zero-order chi connectivity index (χ0) is 22.0. The van der Waals surface area contributed by atoms with Crippen LogP contribution in [0.25, 0.3) is 0 Å². The molecular weight excluding hydrogens is 382 g/mol. The van der Waals surface area contributed by atoms with Crippen molar-refractivity contribution in [1.82, 2.24) is 14.7 Å². The molecule has 0 aromatic heterocycles. The number of hydrogen-bond acceptors (Lipinski definition) is 6. The molecule has 29 heavy (non-hydrogen) atoms. The average Bonchev–Trinajstić information content (AvgIpc) is 2.67. The maximum atomic E-state index is 6.06. The first-order valence-corrected chi connectivity index (χ1v) is 13.9. The van der Waals surface area contributed by atoms with Crippen molar-refractivity contribution in [2.24, 2.45) is 0 Å². The number of hydrogen-bond donors (Lipinski definition) is 0. The van der Waals surface area contributed by atoms with Gasteiger partial charge in [0, 0.05) is 32.4 Å². The van der Waals surface area contributed by atoms with E-state index in [9.17, 15) is 0 Å². The third-order valence-electron chi connectivity index (χ3n) is 5.07. The summed E-state index contributed by atoms with van der Waals surface area (Å²) in [4.78, 5) is 7.47. The Balaban J connectivity index is 4.76. The van der Waals surface area contributed by atoms with E-state index in [1.807, 2.05) is 20.8 Å². The van der Waals surface area contributed by atoms with Crippen molar-refractivity contribution in [2.75, 3.05) is 79.7 Å². The van der Waals surface area contributed by atoms with Crippen LogP contribution in [0.2, 0.25) is 6.04 Å². The summed E-state index contributed by atoms with van der Waals surface area (Å²) in [6, 6.07) is 0.873. The summed E-state index contributed by atoms with van der Waals surface area (Å²) in [6.45, 7) is 20.4. The van der Waals surface area contributed by atoms with Gasteiger partial charge in [-0.05, 0) is 99.8 Å². The highest BCUT2D eigenvalue weighted by molar-refractivity contribution is 6.60. The Morgan fingerprint density at radius 2 is 0.966 bits per heavy atom.